The molecule has 0 aromatic heterocycles. The van der Waals surface area contributed by atoms with Crippen LogP contribution in [0.15, 0.2) is 0 Å². The van der Waals surface area contributed by atoms with Gasteiger partial charge in [-0.15, -0.1) is 0 Å². The molecule has 0 aliphatic carbocycles. The van der Waals surface area contributed by atoms with Crippen LogP contribution in [0.4, 0.5) is 0 Å². The van der Waals surface area contributed by atoms with E-state index in [0.717, 1.165) is 13.8 Å². The zero-order valence-corrected chi connectivity index (χ0v) is 11.1. The molecule has 0 spiro atoms. The van der Waals surface area contributed by atoms with Crippen molar-refractivity contribution >= 4 is 170 Å². The van der Waals surface area contributed by atoms with Crippen LogP contribution in [0.2, 0.25) is 0 Å². The van der Waals surface area contributed by atoms with Gasteiger partial charge in [0.15, 0.2) is 5.60 Å². The Morgan fingerprint density at radius 1 is 0.680 bits per heavy atom. The number of carboxylic acid groups (broad SMARTS) is 5. The van der Waals surface area contributed by atoms with Crippen molar-refractivity contribution in [3.63, 3.8) is 0 Å². The number of aliphatic carboxylic acids is 5. The summed E-state index contributed by atoms with van der Waals surface area (Å²) in [6, 6.07) is 0. The van der Waals surface area contributed by atoms with Crippen LogP contribution >= 0.6 is 0 Å². The normalized spacial score (nSPS) is 7.64. The molecule has 25 heavy (non-hydrogen) atoms. The van der Waals surface area contributed by atoms with E-state index in [1.807, 2.05) is 0 Å². The molecular weight excluding hydrogens is 404 g/mol. The van der Waals surface area contributed by atoms with Gasteiger partial charge in [0.05, 0.1) is 12.8 Å². The van der Waals surface area contributed by atoms with Gasteiger partial charge in [0.2, 0.25) is 0 Å². The van der Waals surface area contributed by atoms with Gasteiger partial charge in [0, 0.05) is 13.8 Å². The van der Waals surface area contributed by atoms with Crippen molar-refractivity contribution in [3.05, 3.63) is 0 Å². The molecular formula is C10H20KNa3O11. The Balaban J connectivity index is -0.0000000463. The number of carboxylic acids is 5. The number of carbonyl (C=O) groups is 5. The molecule has 15 heteroatoms. The molecule has 0 aliphatic rings. The Morgan fingerprint density at radius 2 is 0.840 bits per heavy atom. The third-order valence-corrected chi connectivity index (χ3v) is 1.29. The number of aliphatic hydroxyl groups is 1. The van der Waals surface area contributed by atoms with E-state index >= 15 is 0 Å². The zero-order valence-electron chi connectivity index (χ0n) is 11.1. The Morgan fingerprint density at radius 3 is 0.920 bits per heavy atom. The molecule has 11 nitrogen and oxygen atoms in total. The number of rotatable bonds is 5. The van der Waals surface area contributed by atoms with E-state index in [0.29, 0.717) is 0 Å². The molecule has 0 fully saturated rings. The first-order valence-corrected chi connectivity index (χ1v) is 5.03. The first kappa shape index (κ1) is 45.6. The van der Waals surface area contributed by atoms with Gasteiger partial charge >= 0.3 is 158 Å². The Hall–Kier alpha value is 1.95. The summed E-state index contributed by atoms with van der Waals surface area (Å²) in [6.45, 7) is 2.17. The first-order valence-electron chi connectivity index (χ1n) is 5.03. The summed E-state index contributed by atoms with van der Waals surface area (Å²) in [6.07, 6.45) is -2.29. The Kier molecular flexibility index (Phi) is 47.3. The van der Waals surface area contributed by atoms with Gasteiger partial charge < -0.3 is 30.6 Å². The molecule has 0 heterocycles. The SMILES string of the molecule is CC(=O)O.CC(=O)O.O=C(O)CC(O)(CC(=O)O)C(=O)O.[KH].[NaH].[NaH].[NaH]. The summed E-state index contributed by atoms with van der Waals surface area (Å²) >= 11 is 0. The second-order valence-corrected chi connectivity index (χ2v) is 3.52. The average molecular weight is 424 g/mol. The van der Waals surface area contributed by atoms with Crippen LogP contribution in [0.1, 0.15) is 26.7 Å². The summed E-state index contributed by atoms with van der Waals surface area (Å²) in [7, 11) is 0. The second-order valence-electron chi connectivity index (χ2n) is 3.52. The monoisotopic (exact) mass is 424 g/mol. The van der Waals surface area contributed by atoms with E-state index < -0.39 is 48.3 Å². The summed E-state index contributed by atoms with van der Waals surface area (Å²) in [5.41, 5.74) is -2.74. The van der Waals surface area contributed by atoms with Crippen molar-refractivity contribution in [1.82, 2.24) is 0 Å². The predicted octanol–water partition coefficient (Wildman–Crippen LogP) is -3.66. The van der Waals surface area contributed by atoms with E-state index in [9.17, 15) is 14.4 Å². The molecule has 0 bridgehead atoms. The molecule has 0 aromatic carbocycles. The first-order chi connectivity index (χ1) is 9.24. The van der Waals surface area contributed by atoms with E-state index in [1.165, 1.54) is 0 Å². The fourth-order valence-electron chi connectivity index (χ4n) is 0.714. The molecule has 0 atom stereocenters. The van der Waals surface area contributed by atoms with E-state index in [4.69, 9.17) is 40.2 Å². The van der Waals surface area contributed by atoms with Gasteiger partial charge in [-0.3, -0.25) is 19.2 Å². The predicted molar refractivity (Wildman–Crippen MR) is 92.3 cm³/mol. The van der Waals surface area contributed by atoms with Crippen molar-refractivity contribution in [2.45, 2.75) is 32.3 Å². The fraction of sp³-hybridized carbons (Fsp3) is 0.500. The maximum atomic E-state index is 10.3. The molecule has 0 aromatic rings. The van der Waals surface area contributed by atoms with E-state index in [1.54, 1.807) is 0 Å². The number of hydrogen-bond donors (Lipinski definition) is 6. The standard InChI is InChI=1S/C6H8O7.2C2H4O2.K.3Na.4H/c7-3(8)1-6(13,5(11)12)2-4(9)10;2*1-2(3)4;;;;;;;;/h13H,1-2H2,(H,7,8)(H,9,10)(H,11,12);2*1H3,(H,3,4);;;;;;;;. The van der Waals surface area contributed by atoms with Gasteiger partial charge in [-0.05, 0) is 0 Å². The van der Waals surface area contributed by atoms with Crippen molar-refractivity contribution < 1.29 is 54.6 Å². The summed E-state index contributed by atoms with van der Waals surface area (Å²) in [5, 5.41) is 48.6. The van der Waals surface area contributed by atoms with Gasteiger partial charge in [0.1, 0.15) is 0 Å². The molecule has 0 radical (unpaired) electrons. The third-order valence-electron chi connectivity index (χ3n) is 1.29. The van der Waals surface area contributed by atoms with Gasteiger partial charge in [-0.25, -0.2) is 4.79 Å². The molecule has 0 aliphatic heterocycles. The maximum absolute atomic E-state index is 10.3. The van der Waals surface area contributed by atoms with E-state index in [-0.39, 0.29) is 140 Å². The topological polar surface area (TPSA) is 207 Å². The van der Waals surface area contributed by atoms with Gasteiger partial charge in [-0.1, -0.05) is 0 Å². The van der Waals surface area contributed by atoms with Gasteiger partial charge in [-0.2, -0.15) is 0 Å². The Labute approximate surface area is 252 Å². The zero-order chi connectivity index (χ0) is 17.8. The molecule has 0 amide bonds. The fourth-order valence-corrected chi connectivity index (χ4v) is 0.714. The van der Waals surface area contributed by atoms with Crippen molar-refractivity contribution in [2.24, 2.45) is 0 Å². The average Bonchev–Trinajstić information content (AvgIpc) is 2.11. The van der Waals surface area contributed by atoms with Crippen LogP contribution in [0, 0.1) is 0 Å². The quantitative estimate of drug-likeness (QED) is 0.237. The molecule has 0 saturated heterocycles. The Bertz CT molecular complexity index is 381. The summed E-state index contributed by atoms with van der Waals surface area (Å²) < 4.78 is 0. The van der Waals surface area contributed by atoms with Crippen LogP contribution < -0.4 is 0 Å². The second kappa shape index (κ2) is 25.9. The van der Waals surface area contributed by atoms with Gasteiger partial charge in [0.25, 0.3) is 11.9 Å². The molecule has 0 unspecified atom stereocenters. The third kappa shape index (κ3) is 46.2. The minimum absolute atomic E-state index is 0. The van der Waals surface area contributed by atoms with Crippen molar-refractivity contribution in [3.8, 4) is 0 Å². The van der Waals surface area contributed by atoms with Crippen LogP contribution in [0.25, 0.3) is 0 Å². The summed E-state index contributed by atoms with van der Waals surface area (Å²) in [5.74, 6) is -6.69. The van der Waals surface area contributed by atoms with Crippen molar-refractivity contribution in [1.29, 1.82) is 0 Å². The van der Waals surface area contributed by atoms with Crippen molar-refractivity contribution in [2.75, 3.05) is 0 Å². The van der Waals surface area contributed by atoms with Crippen LogP contribution in [-0.4, -0.2) is 206 Å². The molecule has 0 saturated carbocycles. The summed E-state index contributed by atoms with van der Waals surface area (Å²) in [4.78, 5) is 48.5. The molecule has 130 valence electrons. The minimum atomic E-state index is -2.74. The van der Waals surface area contributed by atoms with Crippen LogP contribution in [-0.2, 0) is 24.0 Å². The number of hydrogen-bond acceptors (Lipinski definition) is 6. The van der Waals surface area contributed by atoms with E-state index in [2.05, 4.69) is 0 Å². The molecule has 0 rings (SSSR count). The molecule has 6 N–H and O–H groups in total. The van der Waals surface area contributed by atoms with Crippen LogP contribution in [0.5, 0.6) is 0 Å². The van der Waals surface area contributed by atoms with Crippen LogP contribution in [0.3, 0.4) is 0 Å².